The first kappa shape index (κ1) is 17.6. The van der Waals surface area contributed by atoms with Crippen LogP contribution >= 0.6 is 0 Å². The summed E-state index contributed by atoms with van der Waals surface area (Å²) in [6.45, 7) is 6.06. The topological polar surface area (TPSA) is 81.9 Å². The van der Waals surface area contributed by atoms with Gasteiger partial charge < -0.3 is 10.1 Å². The molecule has 0 aliphatic rings. The van der Waals surface area contributed by atoms with E-state index >= 15 is 0 Å². The molecular weight excluding hydrogens is 330 g/mol. The third-order valence-electron chi connectivity index (χ3n) is 4.12. The van der Waals surface area contributed by atoms with Gasteiger partial charge in [-0.2, -0.15) is 5.10 Å². The summed E-state index contributed by atoms with van der Waals surface area (Å²) in [6, 6.07) is 9.23. The highest BCUT2D eigenvalue weighted by atomic mass is 16.5. The fourth-order valence-electron chi connectivity index (χ4n) is 2.57. The van der Waals surface area contributed by atoms with Gasteiger partial charge in [-0.1, -0.05) is 24.3 Å². The van der Waals surface area contributed by atoms with Crippen LogP contribution < -0.4 is 10.1 Å². The Hall–Kier alpha value is -3.22. The van der Waals surface area contributed by atoms with Crippen LogP contribution in [0.2, 0.25) is 0 Å². The number of aromatic nitrogens is 4. The number of carbonyl (C=O) groups is 1. The monoisotopic (exact) mass is 351 g/mol. The van der Waals surface area contributed by atoms with E-state index in [9.17, 15) is 4.79 Å². The summed E-state index contributed by atoms with van der Waals surface area (Å²) >= 11 is 0. The lowest BCUT2D eigenvalue weighted by atomic mass is 10.1. The van der Waals surface area contributed by atoms with Crippen molar-refractivity contribution in [1.29, 1.82) is 0 Å². The Balaban J connectivity index is 1.72. The van der Waals surface area contributed by atoms with E-state index in [2.05, 4.69) is 20.4 Å². The molecule has 0 fully saturated rings. The second-order valence-electron chi connectivity index (χ2n) is 6.06. The van der Waals surface area contributed by atoms with Crippen LogP contribution in [0, 0.1) is 13.8 Å². The number of rotatable bonds is 6. The van der Waals surface area contributed by atoms with E-state index in [1.165, 1.54) is 17.3 Å². The molecular formula is C19H21N5O2. The summed E-state index contributed by atoms with van der Waals surface area (Å²) in [5, 5.41) is 6.89. The molecule has 0 saturated carbocycles. The quantitative estimate of drug-likeness (QED) is 0.738. The minimum absolute atomic E-state index is 0.155. The van der Waals surface area contributed by atoms with E-state index in [0.29, 0.717) is 12.4 Å². The van der Waals surface area contributed by atoms with Gasteiger partial charge in [0.1, 0.15) is 24.4 Å². The summed E-state index contributed by atoms with van der Waals surface area (Å²) in [6.07, 6.45) is 4.59. The molecule has 0 saturated heterocycles. The first-order valence-corrected chi connectivity index (χ1v) is 8.36. The van der Waals surface area contributed by atoms with E-state index in [1.807, 2.05) is 44.2 Å². The predicted molar refractivity (Wildman–Crippen MR) is 96.8 cm³/mol. The largest absolute Gasteiger partial charge is 0.438 e. The van der Waals surface area contributed by atoms with Gasteiger partial charge in [-0.25, -0.2) is 14.6 Å². The van der Waals surface area contributed by atoms with Gasteiger partial charge in [-0.15, -0.1) is 0 Å². The number of pyridine rings is 1. The van der Waals surface area contributed by atoms with Crippen molar-refractivity contribution in [1.82, 2.24) is 25.1 Å². The highest BCUT2D eigenvalue weighted by Gasteiger charge is 2.16. The van der Waals surface area contributed by atoms with Crippen molar-refractivity contribution in [3.05, 3.63) is 65.9 Å². The normalized spacial score (nSPS) is 11.8. The zero-order valence-corrected chi connectivity index (χ0v) is 15.0. The van der Waals surface area contributed by atoms with Gasteiger partial charge in [0.2, 0.25) is 11.8 Å². The third kappa shape index (κ3) is 3.88. The number of nitrogens with one attached hydrogen (secondary N) is 1. The lowest BCUT2D eigenvalue weighted by Crippen LogP contribution is -2.31. The number of carbonyl (C=O) groups excluding carboxylic acids is 1. The summed E-state index contributed by atoms with van der Waals surface area (Å²) in [5.41, 5.74) is 2.87. The smallest absolute Gasteiger partial charge is 0.244 e. The van der Waals surface area contributed by atoms with Gasteiger partial charge in [0.05, 0.1) is 0 Å². The molecule has 7 heteroatoms. The Morgan fingerprint density at radius 3 is 2.69 bits per heavy atom. The second-order valence-corrected chi connectivity index (χ2v) is 6.06. The molecule has 2 heterocycles. The molecule has 0 aliphatic carbocycles. The Bertz CT molecular complexity index is 872. The van der Waals surface area contributed by atoms with Gasteiger partial charge in [0.25, 0.3) is 0 Å². The first-order chi connectivity index (χ1) is 12.6. The van der Waals surface area contributed by atoms with Crippen molar-refractivity contribution in [3.63, 3.8) is 0 Å². The van der Waals surface area contributed by atoms with Crippen LogP contribution in [0.25, 0.3) is 0 Å². The number of nitrogens with zero attached hydrogens (tertiary/aromatic N) is 4. The van der Waals surface area contributed by atoms with E-state index in [-0.39, 0.29) is 5.91 Å². The highest BCUT2D eigenvalue weighted by Crippen LogP contribution is 2.29. The summed E-state index contributed by atoms with van der Waals surface area (Å²) in [5.74, 6) is 1.12. The molecule has 0 radical (unpaired) electrons. The standard InChI is InChI=1S/C19H21N5O2/c1-13-6-4-7-14(2)17(13)26-19-16(8-5-9-21-19)10-22-18(25)15(3)24-12-20-11-23-24/h4-9,11-12,15H,10H2,1-3H3,(H,22,25). The molecule has 0 bridgehead atoms. The first-order valence-electron chi connectivity index (χ1n) is 8.36. The number of benzene rings is 1. The van der Waals surface area contributed by atoms with Crippen molar-refractivity contribution in [2.75, 3.05) is 0 Å². The molecule has 1 atom stereocenters. The second kappa shape index (κ2) is 7.77. The van der Waals surface area contributed by atoms with Crippen molar-refractivity contribution in [2.24, 2.45) is 0 Å². The summed E-state index contributed by atoms with van der Waals surface area (Å²) in [4.78, 5) is 20.5. The summed E-state index contributed by atoms with van der Waals surface area (Å²) < 4.78 is 7.55. The molecule has 1 aromatic carbocycles. The van der Waals surface area contributed by atoms with Gasteiger partial charge in [-0.3, -0.25) is 4.79 Å². The van der Waals surface area contributed by atoms with Crippen LogP contribution in [0.15, 0.2) is 49.2 Å². The molecule has 1 N–H and O–H groups in total. The molecule has 134 valence electrons. The zero-order valence-electron chi connectivity index (χ0n) is 15.0. The van der Waals surface area contributed by atoms with Crippen LogP contribution in [-0.2, 0) is 11.3 Å². The molecule has 7 nitrogen and oxygen atoms in total. The van der Waals surface area contributed by atoms with Crippen molar-refractivity contribution < 1.29 is 9.53 Å². The number of para-hydroxylation sites is 1. The number of amides is 1. The fraction of sp³-hybridized carbons (Fsp3) is 0.263. The minimum atomic E-state index is -0.447. The van der Waals surface area contributed by atoms with Gasteiger partial charge in [0.15, 0.2) is 0 Å². The molecule has 1 amide bonds. The van der Waals surface area contributed by atoms with Gasteiger partial charge in [0, 0.05) is 18.3 Å². The maximum absolute atomic E-state index is 12.3. The van der Waals surface area contributed by atoms with Gasteiger partial charge >= 0.3 is 0 Å². The van der Waals surface area contributed by atoms with Crippen LogP contribution in [-0.4, -0.2) is 25.7 Å². The number of aryl methyl sites for hydroxylation is 2. The Labute approximate surface area is 152 Å². The molecule has 1 unspecified atom stereocenters. The molecule has 3 rings (SSSR count). The van der Waals surface area contributed by atoms with E-state index < -0.39 is 6.04 Å². The maximum atomic E-state index is 12.3. The van der Waals surface area contributed by atoms with Crippen LogP contribution in [0.4, 0.5) is 0 Å². The molecule has 0 spiro atoms. The molecule has 26 heavy (non-hydrogen) atoms. The predicted octanol–water partition coefficient (Wildman–Crippen LogP) is 2.96. The van der Waals surface area contributed by atoms with E-state index in [0.717, 1.165) is 22.4 Å². The van der Waals surface area contributed by atoms with Gasteiger partial charge in [-0.05, 0) is 38.0 Å². The Morgan fingerprint density at radius 2 is 2.00 bits per heavy atom. The Morgan fingerprint density at radius 1 is 1.23 bits per heavy atom. The third-order valence-corrected chi connectivity index (χ3v) is 4.12. The van der Waals surface area contributed by atoms with Crippen molar-refractivity contribution in [3.8, 4) is 11.6 Å². The molecule has 2 aromatic heterocycles. The SMILES string of the molecule is Cc1cccc(C)c1Oc1ncccc1CNC(=O)C(C)n1cncn1. The van der Waals surface area contributed by atoms with Crippen LogP contribution in [0.1, 0.15) is 29.7 Å². The number of hydrogen-bond donors (Lipinski definition) is 1. The van der Waals surface area contributed by atoms with Crippen LogP contribution in [0.3, 0.4) is 0 Å². The molecule has 0 aliphatic heterocycles. The Kier molecular flexibility index (Phi) is 5.26. The average Bonchev–Trinajstić information content (AvgIpc) is 3.17. The number of hydrogen-bond acceptors (Lipinski definition) is 5. The highest BCUT2D eigenvalue weighted by molar-refractivity contribution is 5.79. The van der Waals surface area contributed by atoms with Crippen LogP contribution in [0.5, 0.6) is 11.6 Å². The lowest BCUT2D eigenvalue weighted by molar-refractivity contribution is -0.124. The van der Waals surface area contributed by atoms with Crippen molar-refractivity contribution in [2.45, 2.75) is 33.4 Å². The molecule has 3 aromatic rings. The lowest BCUT2D eigenvalue weighted by Gasteiger charge is -2.15. The average molecular weight is 351 g/mol. The van der Waals surface area contributed by atoms with Crippen molar-refractivity contribution >= 4 is 5.91 Å². The van der Waals surface area contributed by atoms with E-state index in [1.54, 1.807) is 13.1 Å². The number of ether oxygens (including phenoxy) is 1. The zero-order chi connectivity index (χ0) is 18.5. The summed E-state index contributed by atoms with van der Waals surface area (Å²) in [7, 11) is 0. The van der Waals surface area contributed by atoms with E-state index in [4.69, 9.17) is 4.74 Å². The fourth-order valence-corrected chi connectivity index (χ4v) is 2.57. The maximum Gasteiger partial charge on any atom is 0.244 e. The minimum Gasteiger partial charge on any atom is -0.438 e.